The maximum absolute atomic E-state index is 11.4. The van der Waals surface area contributed by atoms with Gasteiger partial charge in [-0.25, -0.2) is 4.79 Å². The Hall–Kier alpha value is -0.770. The lowest BCUT2D eigenvalue weighted by Crippen LogP contribution is -2.42. The average molecular weight is 244 g/mol. The quantitative estimate of drug-likeness (QED) is 0.580. The monoisotopic (exact) mass is 244 g/mol. The van der Waals surface area contributed by atoms with Gasteiger partial charge in [-0.05, 0) is 25.7 Å². The van der Waals surface area contributed by atoms with Crippen molar-refractivity contribution in [3.8, 4) is 0 Å². The van der Waals surface area contributed by atoms with Crippen LogP contribution in [-0.4, -0.2) is 31.8 Å². The maximum Gasteiger partial charge on any atom is 0.315 e. The van der Waals surface area contributed by atoms with Crippen LogP contribution in [0, 0.1) is 0 Å². The molecule has 0 saturated carbocycles. The number of unbranched alkanes of at least 4 members (excludes halogenated alkanes) is 1. The summed E-state index contributed by atoms with van der Waals surface area (Å²) in [4.78, 5) is 11.4. The fraction of sp³-hybridized carbons (Fsp3) is 0.923. The highest BCUT2D eigenvalue weighted by atomic mass is 16.5. The number of carbonyl (C=O) groups is 1. The third-order valence-electron chi connectivity index (χ3n) is 2.71. The molecule has 0 bridgehead atoms. The predicted molar refractivity (Wildman–Crippen MR) is 71.2 cm³/mol. The molecule has 0 radical (unpaired) electrons. The highest BCUT2D eigenvalue weighted by Crippen LogP contribution is 1.95. The van der Waals surface area contributed by atoms with Crippen molar-refractivity contribution in [3.05, 3.63) is 0 Å². The van der Waals surface area contributed by atoms with Gasteiger partial charge < -0.3 is 15.4 Å². The van der Waals surface area contributed by atoms with Crippen LogP contribution in [0.25, 0.3) is 0 Å². The van der Waals surface area contributed by atoms with Gasteiger partial charge in [0.25, 0.3) is 0 Å². The molecule has 0 aliphatic rings. The lowest BCUT2D eigenvalue weighted by atomic mass is 10.2. The lowest BCUT2D eigenvalue weighted by Gasteiger charge is -2.15. The molecule has 102 valence electrons. The number of hydrogen-bond donors (Lipinski definition) is 2. The molecule has 0 rings (SSSR count). The van der Waals surface area contributed by atoms with E-state index in [9.17, 15) is 4.79 Å². The summed E-state index contributed by atoms with van der Waals surface area (Å²) in [5.74, 6) is 0. The third-order valence-corrected chi connectivity index (χ3v) is 2.71. The summed E-state index contributed by atoms with van der Waals surface area (Å²) in [6.45, 7) is 8.54. The molecule has 2 amide bonds. The fourth-order valence-corrected chi connectivity index (χ4v) is 1.45. The predicted octanol–water partition coefficient (Wildman–Crippen LogP) is 2.68. The molecule has 17 heavy (non-hydrogen) atoms. The molecular formula is C13H28N2O2. The smallest absolute Gasteiger partial charge is 0.315 e. The van der Waals surface area contributed by atoms with Gasteiger partial charge in [0.1, 0.15) is 0 Å². The van der Waals surface area contributed by atoms with Gasteiger partial charge in [-0.15, -0.1) is 0 Å². The third kappa shape index (κ3) is 10.1. The van der Waals surface area contributed by atoms with Gasteiger partial charge in [-0.1, -0.05) is 27.2 Å². The number of nitrogens with one attached hydrogen (secondary N) is 2. The van der Waals surface area contributed by atoms with Crippen molar-refractivity contribution in [3.63, 3.8) is 0 Å². The van der Waals surface area contributed by atoms with Gasteiger partial charge in [0.2, 0.25) is 0 Å². The summed E-state index contributed by atoms with van der Waals surface area (Å²) in [7, 11) is 0. The molecule has 0 aliphatic carbocycles. The summed E-state index contributed by atoms with van der Waals surface area (Å²) < 4.78 is 5.41. The molecular weight excluding hydrogens is 216 g/mol. The van der Waals surface area contributed by atoms with E-state index in [0.717, 1.165) is 45.3 Å². The number of carbonyl (C=O) groups excluding carboxylic acids is 1. The molecule has 0 aliphatic heterocycles. The fourth-order valence-electron chi connectivity index (χ4n) is 1.45. The van der Waals surface area contributed by atoms with E-state index < -0.39 is 0 Å². The molecule has 0 saturated heterocycles. The van der Waals surface area contributed by atoms with Gasteiger partial charge >= 0.3 is 6.03 Å². The molecule has 0 atom stereocenters. The normalized spacial score (nSPS) is 10.6. The van der Waals surface area contributed by atoms with Crippen molar-refractivity contribution >= 4 is 6.03 Å². The molecule has 0 unspecified atom stereocenters. The highest BCUT2D eigenvalue weighted by molar-refractivity contribution is 5.74. The number of rotatable bonds is 10. The van der Waals surface area contributed by atoms with E-state index in [1.54, 1.807) is 0 Å². The standard InChI is InChI=1S/C13H28N2O2/c1-4-7-10-17-11-8-9-14-13(16)15-12(5-2)6-3/h12H,4-11H2,1-3H3,(H2,14,15,16). The van der Waals surface area contributed by atoms with E-state index in [2.05, 4.69) is 31.4 Å². The summed E-state index contributed by atoms with van der Waals surface area (Å²) in [6.07, 6.45) is 5.10. The Balaban J connectivity index is 3.33. The van der Waals surface area contributed by atoms with Crippen molar-refractivity contribution < 1.29 is 9.53 Å². The minimum Gasteiger partial charge on any atom is -0.381 e. The van der Waals surface area contributed by atoms with Crippen LogP contribution in [0.5, 0.6) is 0 Å². The van der Waals surface area contributed by atoms with Crippen molar-refractivity contribution in [2.45, 2.75) is 58.9 Å². The molecule has 0 aromatic rings. The Kier molecular flexibility index (Phi) is 11.2. The number of amides is 2. The van der Waals surface area contributed by atoms with Crippen LogP contribution >= 0.6 is 0 Å². The van der Waals surface area contributed by atoms with Gasteiger partial charge in [0.05, 0.1) is 0 Å². The van der Waals surface area contributed by atoms with Gasteiger partial charge in [0, 0.05) is 25.8 Å². The lowest BCUT2D eigenvalue weighted by molar-refractivity contribution is 0.129. The zero-order valence-corrected chi connectivity index (χ0v) is 11.6. The molecule has 0 spiro atoms. The Morgan fingerprint density at radius 2 is 1.76 bits per heavy atom. The molecule has 2 N–H and O–H groups in total. The van der Waals surface area contributed by atoms with E-state index in [1.165, 1.54) is 0 Å². The van der Waals surface area contributed by atoms with Crippen LogP contribution in [0.1, 0.15) is 52.9 Å². The van der Waals surface area contributed by atoms with Gasteiger partial charge in [-0.3, -0.25) is 0 Å². The van der Waals surface area contributed by atoms with Crippen molar-refractivity contribution in [1.29, 1.82) is 0 Å². The second-order valence-corrected chi connectivity index (χ2v) is 4.23. The van der Waals surface area contributed by atoms with E-state index >= 15 is 0 Å². The second-order valence-electron chi connectivity index (χ2n) is 4.23. The summed E-state index contributed by atoms with van der Waals surface area (Å²) >= 11 is 0. The van der Waals surface area contributed by atoms with Crippen molar-refractivity contribution in [2.24, 2.45) is 0 Å². The Labute approximate surface area is 105 Å². The first-order chi connectivity index (χ1) is 8.24. The maximum atomic E-state index is 11.4. The minimum absolute atomic E-state index is 0.0627. The number of ether oxygens (including phenoxy) is 1. The molecule has 0 fully saturated rings. The van der Waals surface area contributed by atoms with Crippen LogP contribution in [0.15, 0.2) is 0 Å². The first kappa shape index (κ1) is 16.2. The first-order valence-electron chi connectivity index (χ1n) is 6.86. The highest BCUT2D eigenvalue weighted by Gasteiger charge is 2.06. The van der Waals surface area contributed by atoms with Crippen molar-refractivity contribution in [2.75, 3.05) is 19.8 Å². The van der Waals surface area contributed by atoms with E-state index in [4.69, 9.17) is 4.74 Å². The zero-order valence-electron chi connectivity index (χ0n) is 11.6. The summed E-state index contributed by atoms with van der Waals surface area (Å²) in [6, 6.07) is 0.225. The van der Waals surface area contributed by atoms with E-state index in [0.29, 0.717) is 6.54 Å². The van der Waals surface area contributed by atoms with Gasteiger partial charge in [0.15, 0.2) is 0 Å². The molecule has 4 heteroatoms. The second kappa shape index (κ2) is 11.7. The Morgan fingerprint density at radius 1 is 1.12 bits per heavy atom. The van der Waals surface area contributed by atoms with Crippen LogP contribution in [0.2, 0.25) is 0 Å². The zero-order chi connectivity index (χ0) is 12.9. The van der Waals surface area contributed by atoms with Crippen LogP contribution < -0.4 is 10.6 Å². The Bertz CT molecular complexity index is 182. The van der Waals surface area contributed by atoms with Gasteiger partial charge in [-0.2, -0.15) is 0 Å². The number of urea groups is 1. The topological polar surface area (TPSA) is 50.4 Å². The average Bonchev–Trinajstić information content (AvgIpc) is 2.34. The van der Waals surface area contributed by atoms with Crippen LogP contribution in [0.4, 0.5) is 4.79 Å². The number of hydrogen-bond acceptors (Lipinski definition) is 2. The minimum atomic E-state index is -0.0627. The van der Waals surface area contributed by atoms with Crippen molar-refractivity contribution in [1.82, 2.24) is 10.6 Å². The summed E-state index contributed by atoms with van der Waals surface area (Å²) in [5.41, 5.74) is 0. The van der Waals surface area contributed by atoms with E-state index in [1.807, 2.05) is 0 Å². The van der Waals surface area contributed by atoms with E-state index in [-0.39, 0.29) is 12.1 Å². The molecule has 0 aromatic heterocycles. The van der Waals surface area contributed by atoms with Crippen LogP contribution in [-0.2, 0) is 4.74 Å². The molecule has 0 heterocycles. The Morgan fingerprint density at radius 3 is 2.35 bits per heavy atom. The molecule has 4 nitrogen and oxygen atoms in total. The van der Waals surface area contributed by atoms with Crippen LogP contribution in [0.3, 0.4) is 0 Å². The SMILES string of the molecule is CCCCOCCCNC(=O)NC(CC)CC. The summed E-state index contributed by atoms with van der Waals surface area (Å²) in [5, 5.41) is 5.78. The molecule has 0 aromatic carbocycles. The first-order valence-corrected chi connectivity index (χ1v) is 6.86. The largest absolute Gasteiger partial charge is 0.381 e.